The Morgan fingerprint density at radius 2 is 1.67 bits per heavy atom. The van der Waals surface area contributed by atoms with E-state index in [4.69, 9.17) is 44.3 Å². The molecule has 1 saturated heterocycles. The van der Waals surface area contributed by atoms with Gasteiger partial charge in [0, 0.05) is 6.54 Å². The van der Waals surface area contributed by atoms with Gasteiger partial charge in [-0.2, -0.15) is 0 Å². The molecule has 0 aliphatic carbocycles. The first-order chi connectivity index (χ1) is 21.2. The van der Waals surface area contributed by atoms with Crippen LogP contribution in [0.3, 0.4) is 0 Å². The molecule has 3 rings (SSSR count). The third kappa shape index (κ3) is 11.1. The van der Waals surface area contributed by atoms with Gasteiger partial charge in [-0.15, -0.1) is 0 Å². The lowest BCUT2D eigenvalue weighted by molar-refractivity contribution is -0.152. The zero-order chi connectivity index (χ0) is 33.3. The van der Waals surface area contributed by atoms with Gasteiger partial charge < -0.3 is 20.1 Å². The van der Waals surface area contributed by atoms with Crippen LogP contribution in [-0.2, 0) is 30.3 Å². The fraction of sp³-hybridized carbons (Fsp3) is 0.500. The van der Waals surface area contributed by atoms with Gasteiger partial charge in [-0.1, -0.05) is 92.0 Å². The number of alkyl halides is 3. The van der Waals surface area contributed by atoms with E-state index in [1.54, 1.807) is 32.9 Å². The van der Waals surface area contributed by atoms with Gasteiger partial charge in [0.2, 0.25) is 9.70 Å². The number of aryl methyl sites for hydroxylation is 1. The Kier molecular flexibility index (Phi) is 13.3. The van der Waals surface area contributed by atoms with Crippen molar-refractivity contribution in [2.75, 3.05) is 13.2 Å². The summed E-state index contributed by atoms with van der Waals surface area (Å²) in [6.45, 7) is 8.70. The number of nitrogens with zero attached hydrogens (tertiary/aromatic N) is 1. The van der Waals surface area contributed by atoms with Crippen molar-refractivity contribution < 1.29 is 28.7 Å². The number of hydrazine groups is 1. The van der Waals surface area contributed by atoms with Gasteiger partial charge >= 0.3 is 5.97 Å². The molecule has 3 amide bonds. The normalized spacial score (nSPS) is 17.2. The molecule has 13 heteroatoms. The topological polar surface area (TPSA) is 126 Å². The van der Waals surface area contributed by atoms with Crippen LogP contribution in [0.1, 0.15) is 53.0 Å². The Morgan fingerprint density at radius 3 is 2.29 bits per heavy atom. The van der Waals surface area contributed by atoms with E-state index in [-0.39, 0.29) is 5.92 Å². The molecule has 3 N–H and O–H groups in total. The first kappa shape index (κ1) is 36.4. The molecule has 0 spiro atoms. The van der Waals surface area contributed by atoms with Crippen molar-refractivity contribution in [1.82, 2.24) is 21.1 Å². The van der Waals surface area contributed by atoms with Crippen LogP contribution in [0.25, 0.3) is 11.1 Å². The summed E-state index contributed by atoms with van der Waals surface area (Å²) in [4.78, 5) is 51.7. The van der Waals surface area contributed by atoms with Crippen molar-refractivity contribution in [2.45, 2.75) is 81.9 Å². The molecule has 4 unspecified atom stereocenters. The monoisotopic (exact) mass is 682 g/mol. The summed E-state index contributed by atoms with van der Waals surface area (Å²) in [5.41, 5.74) is 6.20. The Labute approximate surface area is 279 Å². The van der Waals surface area contributed by atoms with Gasteiger partial charge in [-0.3, -0.25) is 24.2 Å². The average Bonchev–Trinajstić information content (AvgIpc) is 3.01. The third-order valence-corrected chi connectivity index (χ3v) is 7.62. The van der Waals surface area contributed by atoms with E-state index in [1.807, 2.05) is 24.3 Å². The first-order valence-electron chi connectivity index (χ1n) is 15.0. The molecule has 45 heavy (non-hydrogen) atoms. The van der Waals surface area contributed by atoms with E-state index < -0.39 is 58.3 Å². The molecule has 2 aromatic rings. The lowest BCUT2D eigenvalue weighted by atomic mass is 10.0. The number of carbonyl (C=O) groups excluding carboxylic acids is 4. The minimum atomic E-state index is -1.75. The summed E-state index contributed by atoms with van der Waals surface area (Å²) in [5.74, 6) is -1.89. The number of amides is 3. The molecule has 1 aliphatic rings. The maximum absolute atomic E-state index is 13.2. The number of ether oxygens (including phenoxy) is 2. The van der Waals surface area contributed by atoms with Crippen molar-refractivity contribution in [3.05, 3.63) is 54.1 Å². The highest BCUT2D eigenvalue weighted by Gasteiger charge is 2.34. The summed E-state index contributed by atoms with van der Waals surface area (Å²) < 4.78 is 9.14. The van der Waals surface area contributed by atoms with Gasteiger partial charge in [0.25, 0.3) is 11.8 Å². The number of rotatable bonds is 12. The Balaban J connectivity index is 1.54. The molecule has 2 aromatic carbocycles. The fourth-order valence-electron chi connectivity index (χ4n) is 4.73. The maximum atomic E-state index is 13.2. The average molecular weight is 684 g/mol. The number of nitrogens with one attached hydrogen (secondary N) is 3. The third-order valence-electron chi connectivity index (χ3n) is 7.30. The summed E-state index contributed by atoms with van der Waals surface area (Å²) in [7, 11) is 0. The van der Waals surface area contributed by atoms with E-state index >= 15 is 0 Å². The highest BCUT2D eigenvalue weighted by molar-refractivity contribution is 6.67. The summed E-state index contributed by atoms with van der Waals surface area (Å²) in [6, 6.07) is 13.1. The lowest BCUT2D eigenvalue weighted by Crippen LogP contribution is -2.61. The molecule has 0 radical (unpaired) electrons. The van der Waals surface area contributed by atoms with Gasteiger partial charge in [0.15, 0.2) is 6.10 Å². The number of halogens is 3. The molecule has 0 saturated carbocycles. The minimum Gasteiger partial charge on any atom is -0.481 e. The van der Waals surface area contributed by atoms with E-state index in [9.17, 15) is 19.2 Å². The zero-order valence-electron chi connectivity index (χ0n) is 26.1. The second kappa shape index (κ2) is 16.5. The smallest absolute Gasteiger partial charge is 0.325 e. The highest BCUT2D eigenvalue weighted by atomic mass is 35.6. The second-order valence-electron chi connectivity index (χ2n) is 11.3. The lowest BCUT2D eigenvalue weighted by Gasteiger charge is -2.34. The molecule has 4 atom stereocenters. The predicted molar refractivity (Wildman–Crippen MR) is 175 cm³/mol. The van der Waals surface area contributed by atoms with Crippen molar-refractivity contribution in [2.24, 2.45) is 5.92 Å². The zero-order valence-corrected chi connectivity index (χ0v) is 28.3. The molecular weight excluding hydrogens is 643 g/mol. The molecule has 0 aromatic heterocycles. The number of benzene rings is 2. The Hall–Kier alpha value is -3.05. The summed E-state index contributed by atoms with van der Waals surface area (Å²) in [5, 5.41) is 6.69. The van der Waals surface area contributed by atoms with E-state index in [1.165, 1.54) is 17.5 Å². The van der Waals surface area contributed by atoms with Gasteiger partial charge in [-0.25, -0.2) is 5.43 Å². The van der Waals surface area contributed by atoms with Crippen molar-refractivity contribution in [1.29, 1.82) is 0 Å². The SMILES string of the molecule is CCc1cccc(-c2ccc(OC(C)C(=O)NC(C(=O)NC(C)C(=O)N3CCCC(C(=O)OCC(Cl)(Cl)Cl)N3)C(C)C)cc2)c1. The van der Waals surface area contributed by atoms with Crippen LogP contribution in [-0.4, -0.2) is 69.9 Å². The van der Waals surface area contributed by atoms with Gasteiger partial charge in [0.05, 0.1) is 0 Å². The molecular formula is C32H41Cl3N4O6. The largest absolute Gasteiger partial charge is 0.481 e. The standard InChI is InChI=1S/C32H41Cl3N4O6/c1-6-22-9-7-10-24(17-22)23-12-14-25(15-13-23)45-21(5)28(40)37-27(19(2)3)29(41)36-20(4)30(42)39-16-8-11-26(38-39)31(43)44-18-32(33,34)35/h7,9-10,12-15,17,19-21,26-27,38H,6,8,11,16,18H2,1-5H3,(H,36,41)(H,37,40). The summed E-state index contributed by atoms with van der Waals surface area (Å²) in [6.07, 6.45) is 0.997. The number of hydrogen-bond donors (Lipinski definition) is 3. The first-order valence-corrected chi connectivity index (χ1v) is 16.1. The Bertz CT molecular complexity index is 1330. The molecule has 0 bridgehead atoms. The van der Waals surface area contributed by atoms with Crippen molar-refractivity contribution >= 4 is 58.5 Å². The van der Waals surface area contributed by atoms with Gasteiger partial charge in [-0.05, 0) is 67.9 Å². The molecule has 1 fully saturated rings. The van der Waals surface area contributed by atoms with Crippen LogP contribution in [0.15, 0.2) is 48.5 Å². The van der Waals surface area contributed by atoms with E-state index in [2.05, 4.69) is 35.1 Å². The van der Waals surface area contributed by atoms with Crippen molar-refractivity contribution in [3.8, 4) is 16.9 Å². The van der Waals surface area contributed by atoms with Crippen LogP contribution in [0.2, 0.25) is 0 Å². The second-order valence-corrected chi connectivity index (χ2v) is 13.9. The van der Waals surface area contributed by atoms with Crippen LogP contribution in [0.4, 0.5) is 0 Å². The number of esters is 1. The van der Waals surface area contributed by atoms with Crippen LogP contribution < -0.4 is 20.8 Å². The maximum Gasteiger partial charge on any atom is 0.325 e. The minimum absolute atomic E-state index is 0.285. The molecule has 10 nitrogen and oxygen atoms in total. The van der Waals surface area contributed by atoms with E-state index in [0.29, 0.717) is 25.1 Å². The van der Waals surface area contributed by atoms with Crippen molar-refractivity contribution in [3.63, 3.8) is 0 Å². The number of carbonyl (C=O) groups is 4. The molecule has 1 aliphatic heterocycles. The van der Waals surface area contributed by atoms with Crippen LogP contribution >= 0.6 is 34.8 Å². The van der Waals surface area contributed by atoms with E-state index in [0.717, 1.165) is 17.5 Å². The van der Waals surface area contributed by atoms with Crippen LogP contribution in [0, 0.1) is 5.92 Å². The van der Waals surface area contributed by atoms with Gasteiger partial charge in [0.1, 0.15) is 30.5 Å². The number of hydrogen-bond acceptors (Lipinski definition) is 7. The molecule has 1 heterocycles. The highest BCUT2D eigenvalue weighted by Crippen LogP contribution is 2.26. The van der Waals surface area contributed by atoms with Crippen LogP contribution in [0.5, 0.6) is 5.75 Å². The predicted octanol–water partition coefficient (Wildman–Crippen LogP) is 4.74. The summed E-state index contributed by atoms with van der Waals surface area (Å²) >= 11 is 16.9. The Morgan fingerprint density at radius 1 is 0.978 bits per heavy atom. The quantitative estimate of drug-likeness (QED) is 0.218. The molecule has 246 valence electrons. The fourth-order valence-corrected chi connectivity index (χ4v) is 4.89.